The molecule has 4 heteroatoms. The molecule has 18 heavy (non-hydrogen) atoms. The van der Waals surface area contributed by atoms with Crippen LogP contribution in [0.15, 0.2) is 24.3 Å². The number of carboxylic acid groups (broad SMARTS) is 1. The molecule has 0 amide bonds. The van der Waals surface area contributed by atoms with Crippen LogP contribution < -0.4 is 0 Å². The molecule has 1 heterocycles. The summed E-state index contributed by atoms with van der Waals surface area (Å²) in [4.78, 5) is 13.3. The van der Waals surface area contributed by atoms with Crippen molar-refractivity contribution in [1.29, 1.82) is 0 Å². The van der Waals surface area contributed by atoms with E-state index in [0.717, 1.165) is 12.1 Å². The molecule has 1 aliphatic heterocycles. The molecule has 2 rings (SSSR count). The highest BCUT2D eigenvalue weighted by Crippen LogP contribution is 2.35. The van der Waals surface area contributed by atoms with Crippen LogP contribution in [0, 0.1) is 11.2 Å². The van der Waals surface area contributed by atoms with E-state index in [4.69, 9.17) is 0 Å². The molecule has 0 spiro atoms. The van der Waals surface area contributed by atoms with Gasteiger partial charge in [0, 0.05) is 12.6 Å². The fourth-order valence-electron chi connectivity index (χ4n) is 2.48. The van der Waals surface area contributed by atoms with Crippen LogP contribution in [0.3, 0.4) is 0 Å². The standard InChI is InChI=1S/C14H18FNO2/c1-10(11-4-3-5-12(15)8-11)16-7-6-14(2,9-16)13(17)18/h3-5,8,10H,6-7,9H2,1-2H3,(H,17,18). The van der Waals surface area contributed by atoms with Crippen molar-refractivity contribution in [1.82, 2.24) is 4.90 Å². The zero-order chi connectivity index (χ0) is 13.3. The minimum absolute atomic E-state index is 0.0434. The molecule has 98 valence electrons. The molecule has 3 nitrogen and oxygen atoms in total. The quantitative estimate of drug-likeness (QED) is 0.898. The molecule has 0 radical (unpaired) electrons. The molecular formula is C14H18FNO2. The van der Waals surface area contributed by atoms with Gasteiger partial charge in [-0.2, -0.15) is 0 Å². The third-order valence-electron chi connectivity index (χ3n) is 3.90. The summed E-state index contributed by atoms with van der Waals surface area (Å²) >= 11 is 0. The third kappa shape index (κ3) is 2.38. The van der Waals surface area contributed by atoms with Crippen LogP contribution in [0.25, 0.3) is 0 Å². The number of carbonyl (C=O) groups is 1. The lowest BCUT2D eigenvalue weighted by Gasteiger charge is -2.26. The van der Waals surface area contributed by atoms with Crippen molar-refractivity contribution >= 4 is 5.97 Å². The minimum Gasteiger partial charge on any atom is -0.481 e. The highest BCUT2D eigenvalue weighted by atomic mass is 19.1. The Morgan fingerprint density at radius 1 is 1.56 bits per heavy atom. The van der Waals surface area contributed by atoms with Gasteiger partial charge >= 0.3 is 5.97 Å². The number of likely N-dealkylation sites (tertiary alicyclic amines) is 1. The van der Waals surface area contributed by atoms with Gasteiger partial charge in [0.25, 0.3) is 0 Å². The van der Waals surface area contributed by atoms with Gasteiger partial charge in [0.2, 0.25) is 0 Å². The maximum atomic E-state index is 13.2. The first-order valence-corrected chi connectivity index (χ1v) is 6.15. The third-order valence-corrected chi connectivity index (χ3v) is 3.90. The zero-order valence-corrected chi connectivity index (χ0v) is 10.7. The van der Waals surface area contributed by atoms with Crippen molar-refractivity contribution in [3.8, 4) is 0 Å². The normalized spacial score (nSPS) is 26.2. The zero-order valence-electron chi connectivity index (χ0n) is 10.7. The highest BCUT2D eigenvalue weighted by Gasteiger charge is 2.41. The predicted octanol–water partition coefficient (Wildman–Crippen LogP) is 2.68. The van der Waals surface area contributed by atoms with Gasteiger partial charge < -0.3 is 5.11 Å². The predicted molar refractivity (Wildman–Crippen MR) is 66.7 cm³/mol. The smallest absolute Gasteiger partial charge is 0.310 e. The van der Waals surface area contributed by atoms with Crippen molar-refractivity contribution in [3.63, 3.8) is 0 Å². The van der Waals surface area contributed by atoms with Crippen molar-refractivity contribution in [2.24, 2.45) is 5.41 Å². The van der Waals surface area contributed by atoms with Gasteiger partial charge in [-0.05, 0) is 44.5 Å². The van der Waals surface area contributed by atoms with Crippen molar-refractivity contribution < 1.29 is 14.3 Å². The van der Waals surface area contributed by atoms with Gasteiger partial charge in [-0.25, -0.2) is 4.39 Å². The molecule has 1 aliphatic rings. The summed E-state index contributed by atoms with van der Waals surface area (Å²) in [6, 6.07) is 6.54. The molecule has 0 aliphatic carbocycles. The van der Waals surface area contributed by atoms with Crippen molar-refractivity contribution in [2.45, 2.75) is 26.3 Å². The van der Waals surface area contributed by atoms with Crippen LogP contribution in [0.1, 0.15) is 31.9 Å². The first kappa shape index (κ1) is 13.0. The number of rotatable bonds is 3. The molecule has 0 bridgehead atoms. The van der Waals surface area contributed by atoms with Crippen LogP contribution in [0.5, 0.6) is 0 Å². The van der Waals surface area contributed by atoms with Crippen molar-refractivity contribution in [3.05, 3.63) is 35.6 Å². The summed E-state index contributed by atoms with van der Waals surface area (Å²) in [5.41, 5.74) is 0.214. The van der Waals surface area contributed by atoms with E-state index < -0.39 is 11.4 Å². The summed E-state index contributed by atoms with van der Waals surface area (Å²) < 4.78 is 13.2. The number of nitrogens with zero attached hydrogens (tertiary/aromatic N) is 1. The summed E-state index contributed by atoms with van der Waals surface area (Å²) in [6.07, 6.45) is 0.641. The van der Waals surface area contributed by atoms with E-state index in [9.17, 15) is 14.3 Å². The number of benzene rings is 1. The minimum atomic E-state index is -0.753. The molecule has 1 N–H and O–H groups in total. The van der Waals surface area contributed by atoms with Crippen LogP contribution in [0.4, 0.5) is 4.39 Å². The van der Waals surface area contributed by atoms with E-state index in [1.807, 2.05) is 13.0 Å². The molecule has 1 saturated heterocycles. The average Bonchev–Trinajstić information content (AvgIpc) is 2.72. The fourth-order valence-corrected chi connectivity index (χ4v) is 2.48. The van der Waals surface area contributed by atoms with Crippen LogP contribution in [-0.2, 0) is 4.79 Å². The Labute approximate surface area is 106 Å². The summed E-state index contributed by atoms with van der Waals surface area (Å²) in [6.45, 7) is 5.01. The number of hydrogen-bond donors (Lipinski definition) is 1. The molecule has 0 aromatic heterocycles. The number of halogens is 1. The highest BCUT2D eigenvalue weighted by molar-refractivity contribution is 5.74. The Morgan fingerprint density at radius 3 is 2.83 bits per heavy atom. The number of hydrogen-bond acceptors (Lipinski definition) is 2. The number of carboxylic acids is 1. The second kappa shape index (κ2) is 4.69. The average molecular weight is 251 g/mol. The van der Waals surface area contributed by atoms with Crippen molar-refractivity contribution in [2.75, 3.05) is 13.1 Å². The molecule has 2 unspecified atom stereocenters. The maximum Gasteiger partial charge on any atom is 0.310 e. The van der Waals surface area contributed by atoms with Gasteiger partial charge in [-0.1, -0.05) is 12.1 Å². The first-order chi connectivity index (χ1) is 8.42. The van der Waals surface area contributed by atoms with E-state index in [1.54, 1.807) is 13.0 Å². The molecular weight excluding hydrogens is 233 g/mol. The lowest BCUT2D eigenvalue weighted by atomic mass is 9.90. The van der Waals surface area contributed by atoms with Gasteiger partial charge in [0.15, 0.2) is 0 Å². The fraction of sp³-hybridized carbons (Fsp3) is 0.500. The Hall–Kier alpha value is -1.42. The van der Waals surface area contributed by atoms with Crippen LogP contribution >= 0.6 is 0 Å². The SMILES string of the molecule is CC(c1cccc(F)c1)N1CCC(C)(C(=O)O)C1. The topological polar surface area (TPSA) is 40.5 Å². The molecule has 1 fully saturated rings. The Balaban J connectivity index is 2.12. The van der Waals surface area contributed by atoms with Crippen LogP contribution in [0.2, 0.25) is 0 Å². The molecule has 2 atom stereocenters. The Morgan fingerprint density at radius 2 is 2.28 bits per heavy atom. The number of aliphatic carboxylic acids is 1. The maximum absolute atomic E-state index is 13.2. The van der Waals surface area contributed by atoms with Gasteiger partial charge in [0.05, 0.1) is 5.41 Å². The summed E-state index contributed by atoms with van der Waals surface area (Å²) in [7, 11) is 0. The molecule has 1 aromatic carbocycles. The summed E-state index contributed by atoms with van der Waals surface area (Å²) in [5, 5.41) is 9.20. The molecule has 0 saturated carbocycles. The van der Waals surface area contributed by atoms with Crippen LogP contribution in [-0.4, -0.2) is 29.1 Å². The van der Waals surface area contributed by atoms with E-state index >= 15 is 0 Å². The lowest BCUT2D eigenvalue weighted by Crippen LogP contribution is -2.32. The van der Waals surface area contributed by atoms with E-state index in [1.165, 1.54) is 12.1 Å². The van der Waals surface area contributed by atoms with Gasteiger partial charge in [-0.15, -0.1) is 0 Å². The lowest BCUT2D eigenvalue weighted by molar-refractivity contribution is -0.147. The Kier molecular flexibility index (Phi) is 3.39. The first-order valence-electron chi connectivity index (χ1n) is 6.15. The second-order valence-electron chi connectivity index (χ2n) is 5.32. The molecule has 1 aromatic rings. The largest absolute Gasteiger partial charge is 0.481 e. The van der Waals surface area contributed by atoms with E-state index in [0.29, 0.717) is 13.0 Å². The van der Waals surface area contributed by atoms with E-state index in [2.05, 4.69) is 4.90 Å². The van der Waals surface area contributed by atoms with E-state index in [-0.39, 0.29) is 11.9 Å². The Bertz CT molecular complexity index is 463. The summed E-state index contributed by atoms with van der Waals surface area (Å²) in [5.74, 6) is -1.00. The monoisotopic (exact) mass is 251 g/mol. The van der Waals surface area contributed by atoms with Gasteiger partial charge in [-0.3, -0.25) is 9.69 Å². The second-order valence-corrected chi connectivity index (χ2v) is 5.32. The van der Waals surface area contributed by atoms with Gasteiger partial charge in [0.1, 0.15) is 5.82 Å².